The molecule has 0 aromatic heterocycles. The van der Waals surface area contributed by atoms with E-state index in [-0.39, 0.29) is 0 Å². The molecular formula is C11H24N2O. The lowest BCUT2D eigenvalue weighted by Crippen LogP contribution is -2.46. The Hall–Kier alpha value is -0.120. The van der Waals surface area contributed by atoms with Crippen molar-refractivity contribution in [3.63, 3.8) is 0 Å². The monoisotopic (exact) mass is 200 g/mol. The van der Waals surface area contributed by atoms with Gasteiger partial charge in [0.1, 0.15) is 0 Å². The van der Waals surface area contributed by atoms with E-state index in [1.165, 1.54) is 12.8 Å². The summed E-state index contributed by atoms with van der Waals surface area (Å²) in [5.41, 5.74) is 0. The molecule has 0 bridgehead atoms. The van der Waals surface area contributed by atoms with Crippen LogP contribution < -0.4 is 0 Å². The van der Waals surface area contributed by atoms with Crippen LogP contribution in [0.4, 0.5) is 0 Å². The van der Waals surface area contributed by atoms with Crippen molar-refractivity contribution >= 4 is 0 Å². The summed E-state index contributed by atoms with van der Waals surface area (Å²) in [4.78, 5) is 4.82. The number of piperidine rings is 1. The zero-order chi connectivity index (χ0) is 10.6. The minimum atomic E-state index is 0.296. The SMILES string of the molecule is CC(C)N(C)C1CCN(CCO)CC1. The molecule has 0 atom stereocenters. The maximum atomic E-state index is 8.83. The fourth-order valence-electron chi connectivity index (χ4n) is 2.11. The Morgan fingerprint density at radius 2 is 1.93 bits per heavy atom. The van der Waals surface area contributed by atoms with Crippen LogP contribution in [-0.4, -0.2) is 60.3 Å². The molecule has 1 fully saturated rings. The fraction of sp³-hybridized carbons (Fsp3) is 1.00. The van der Waals surface area contributed by atoms with Gasteiger partial charge >= 0.3 is 0 Å². The molecule has 0 amide bonds. The van der Waals surface area contributed by atoms with Crippen molar-refractivity contribution < 1.29 is 5.11 Å². The largest absolute Gasteiger partial charge is 0.395 e. The van der Waals surface area contributed by atoms with E-state index in [4.69, 9.17) is 5.11 Å². The van der Waals surface area contributed by atoms with Crippen LogP contribution in [0, 0.1) is 0 Å². The molecule has 1 N–H and O–H groups in total. The van der Waals surface area contributed by atoms with Crippen molar-refractivity contribution in [2.75, 3.05) is 33.3 Å². The predicted octanol–water partition coefficient (Wildman–Crippen LogP) is 0.783. The van der Waals surface area contributed by atoms with Crippen molar-refractivity contribution in [2.24, 2.45) is 0 Å². The van der Waals surface area contributed by atoms with Crippen LogP contribution in [0.5, 0.6) is 0 Å². The van der Waals surface area contributed by atoms with Crippen molar-refractivity contribution in [3.8, 4) is 0 Å². The number of nitrogens with zero attached hydrogens (tertiary/aromatic N) is 2. The average molecular weight is 200 g/mol. The van der Waals surface area contributed by atoms with Crippen LogP contribution in [-0.2, 0) is 0 Å². The summed E-state index contributed by atoms with van der Waals surface area (Å²) in [7, 11) is 2.22. The first-order valence-electron chi connectivity index (χ1n) is 5.70. The zero-order valence-corrected chi connectivity index (χ0v) is 9.74. The minimum Gasteiger partial charge on any atom is -0.395 e. The van der Waals surface area contributed by atoms with Gasteiger partial charge in [0.05, 0.1) is 6.61 Å². The maximum Gasteiger partial charge on any atom is 0.0558 e. The van der Waals surface area contributed by atoms with Crippen LogP contribution in [0.25, 0.3) is 0 Å². The van der Waals surface area contributed by atoms with E-state index in [2.05, 4.69) is 30.7 Å². The molecule has 84 valence electrons. The third-order valence-corrected chi connectivity index (χ3v) is 3.36. The highest BCUT2D eigenvalue weighted by Crippen LogP contribution is 2.16. The molecule has 14 heavy (non-hydrogen) atoms. The Bertz CT molecular complexity index is 153. The van der Waals surface area contributed by atoms with Crippen molar-refractivity contribution in [1.29, 1.82) is 0 Å². The predicted molar refractivity (Wildman–Crippen MR) is 59.4 cm³/mol. The summed E-state index contributed by atoms with van der Waals surface area (Å²) in [6.07, 6.45) is 2.49. The number of hydrogen-bond acceptors (Lipinski definition) is 3. The van der Waals surface area contributed by atoms with Gasteiger partial charge in [0.2, 0.25) is 0 Å². The molecule has 1 heterocycles. The second kappa shape index (κ2) is 5.69. The molecule has 0 aromatic rings. The van der Waals surface area contributed by atoms with Gasteiger partial charge in [-0.1, -0.05) is 0 Å². The second-order valence-electron chi connectivity index (χ2n) is 4.56. The molecule has 3 heteroatoms. The van der Waals surface area contributed by atoms with E-state index in [1.807, 2.05) is 0 Å². The van der Waals surface area contributed by atoms with E-state index < -0.39 is 0 Å². The van der Waals surface area contributed by atoms with Crippen LogP contribution in [0.2, 0.25) is 0 Å². The summed E-state index contributed by atoms with van der Waals surface area (Å²) < 4.78 is 0. The van der Waals surface area contributed by atoms with E-state index in [9.17, 15) is 0 Å². The van der Waals surface area contributed by atoms with Gasteiger partial charge in [-0.3, -0.25) is 0 Å². The molecule has 3 nitrogen and oxygen atoms in total. The van der Waals surface area contributed by atoms with Crippen LogP contribution >= 0.6 is 0 Å². The molecule has 1 rings (SSSR count). The maximum absolute atomic E-state index is 8.83. The number of likely N-dealkylation sites (tertiary alicyclic amines) is 1. The van der Waals surface area contributed by atoms with Gasteiger partial charge in [0.15, 0.2) is 0 Å². The zero-order valence-electron chi connectivity index (χ0n) is 9.74. The molecule has 0 spiro atoms. The molecule has 0 radical (unpaired) electrons. The summed E-state index contributed by atoms with van der Waals surface area (Å²) in [5, 5.41) is 8.83. The van der Waals surface area contributed by atoms with E-state index in [1.54, 1.807) is 0 Å². The van der Waals surface area contributed by atoms with Gasteiger partial charge < -0.3 is 14.9 Å². The molecule has 0 aromatic carbocycles. The highest BCUT2D eigenvalue weighted by atomic mass is 16.3. The number of aliphatic hydroxyl groups is 1. The number of hydrogen-bond donors (Lipinski definition) is 1. The van der Waals surface area contributed by atoms with Gasteiger partial charge in [0.25, 0.3) is 0 Å². The van der Waals surface area contributed by atoms with Gasteiger partial charge in [-0.05, 0) is 46.8 Å². The molecule has 1 aliphatic heterocycles. The summed E-state index contributed by atoms with van der Waals surface area (Å²) in [6.45, 7) is 7.92. The highest BCUT2D eigenvalue weighted by Gasteiger charge is 2.22. The minimum absolute atomic E-state index is 0.296. The van der Waals surface area contributed by atoms with Crippen molar-refractivity contribution in [1.82, 2.24) is 9.80 Å². The van der Waals surface area contributed by atoms with Gasteiger partial charge in [-0.2, -0.15) is 0 Å². The van der Waals surface area contributed by atoms with Crippen LogP contribution in [0.15, 0.2) is 0 Å². The summed E-state index contributed by atoms with van der Waals surface area (Å²) in [6, 6.07) is 1.38. The lowest BCUT2D eigenvalue weighted by Gasteiger charge is -2.38. The van der Waals surface area contributed by atoms with Crippen LogP contribution in [0.3, 0.4) is 0 Å². The Morgan fingerprint density at radius 3 is 2.36 bits per heavy atom. The standard InChI is InChI=1S/C11H24N2O/c1-10(2)12(3)11-4-6-13(7-5-11)8-9-14/h10-11,14H,4-9H2,1-3H3. The lowest BCUT2D eigenvalue weighted by molar-refractivity contribution is 0.0955. The molecule has 1 aliphatic rings. The Balaban J connectivity index is 2.28. The van der Waals surface area contributed by atoms with Crippen molar-refractivity contribution in [3.05, 3.63) is 0 Å². The Labute approximate surface area is 87.7 Å². The second-order valence-corrected chi connectivity index (χ2v) is 4.56. The third-order valence-electron chi connectivity index (χ3n) is 3.36. The first-order chi connectivity index (χ1) is 6.65. The first-order valence-corrected chi connectivity index (χ1v) is 5.70. The van der Waals surface area contributed by atoms with Gasteiger partial charge in [-0.25, -0.2) is 0 Å². The Morgan fingerprint density at radius 1 is 1.36 bits per heavy atom. The Kier molecular flexibility index (Phi) is 4.85. The summed E-state index contributed by atoms with van der Waals surface area (Å²) in [5.74, 6) is 0. The smallest absolute Gasteiger partial charge is 0.0558 e. The van der Waals surface area contributed by atoms with E-state index >= 15 is 0 Å². The van der Waals surface area contributed by atoms with Crippen molar-refractivity contribution in [2.45, 2.75) is 38.8 Å². The molecule has 0 saturated carbocycles. The molecule has 1 saturated heterocycles. The van der Waals surface area contributed by atoms with Gasteiger partial charge in [-0.15, -0.1) is 0 Å². The topological polar surface area (TPSA) is 26.7 Å². The number of rotatable bonds is 4. The average Bonchev–Trinajstić information content (AvgIpc) is 2.18. The van der Waals surface area contributed by atoms with E-state index in [0.29, 0.717) is 12.6 Å². The fourth-order valence-corrected chi connectivity index (χ4v) is 2.11. The van der Waals surface area contributed by atoms with E-state index in [0.717, 1.165) is 25.7 Å². The quantitative estimate of drug-likeness (QED) is 0.726. The summed E-state index contributed by atoms with van der Waals surface area (Å²) >= 11 is 0. The number of aliphatic hydroxyl groups excluding tert-OH is 1. The lowest BCUT2D eigenvalue weighted by atomic mass is 10.0. The normalized spacial score (nSPS) is 21.0. The molecule has 0 unspecified atom stereocenters. The molecule has 0 aliphatic carbocycles. The van der Waals surface area contributed by atoms with Crippen LogP contribution in [0.1, 0.15) is 26.7 Å². The molecular weight excluding hydrogens is 176 g/mol. The van der Waals surface area contributed by atoms with Gasteiger partial charge in [0, 0.05) is 18.6 Å². The first kappa shape index (κ1) is 12.0. The number of β-amino-alcohol motifs (C(OH)–C–C–N with tert-alkyl or cyclic N) is 1. The highest BCUT2D eigenvalue weighted by molar-refractivity contribution is 4.79. The third kappa shape index (κ3) is 3.23.